The van der Waals surface area contributed by atoms with Crippen molar-refractivity contribution in [1.82, 2.24) is 9.78 Å². The van der Waals surface area contributed by atoms with E-state index in [1.807, 2.05) is 11.7 Å². The molecule has 18 heavy (non-hydrogen) atoms. The first kappa shape index (κ1) is 14.1. The van der Waals surface area contributed by atoms with E-state index in [0.29, 0.717) is 5.92 Å². The molecule has 0 aromatic carbocycles. The van der Waals surface area contributed by atoms with E-state index in [-0.39, 0.29) is 6.10 Å². The molecule has 0 saturated heterocycles. The first-order chi connectivity index (χ1) is 8.52. The minimum absolute atomic E-state index is 0.145. The molecule has 1 N–H and O–H groups in total. The zero-order valence-corrected chi connectivity index (χ0v) is 13.1. The van der Waals surface area contributed by atoms with Crippen LogP contribution in [0.25, 0.3) is 0 Å². The summed E-state index contributed by atoms with van der Waals surface area (Å²) in [6, 6.07) is 0. The van der Waals surface area contributed by atoms with Gasteiger partial charge < -0.3 is 5.11 Å². The van der Waals surface area contributed by atoms with Crippen molar-refractivity contribution in [2.24, 2.45) is 18.9 Å². The molecule has 0 aliphatic heterocycles. The van der Waals surface area contributed by atoms with E-state index in [0.717, 1.165) is 48.2 Å². The zero-order chi connectivity index (χ0) is 13.3. The maximum Gasteiger partial charge on any atom is 0.0766 e. The van der Waals surface area contributed by atoms with E-state index in [4.69, 9.17) is 0 Å². The van der Waals surface area contributed by atoms with Crippen molar-refractivity contribution in [3.63, 3.8) is 0 Å². The van der Waals surface area contributed by atoms with Gasteiger partial charge in [0.1, 0.15) is 0 Å². The van der Waals surface area contributed by atoms with Gasteiger partial charge in [-0.3, -0.25) is 4.68 Å². The first-order valence-corrected chi connectivity index (χ1v) is 7.70. The number of nitrogens with zero attached hydrogens (tertiary/aromatic N) is 2. The summed E-state index contributed by atoms with van der Waals surface area (Å²) in [5.41, 5.74) is 2.34. The summed E-state index contributed by atoms with van der Waals surface area (Å²) in [4.78, 5) is 0. The smallest absolute Gasteiger partial charge is 0.0766 e. The average molecular weight is 315 g/mol. The Morgan fingerprint density at radius 1 is 1.44 bits per heavy atom. The molecule has 0 amide bonds. The van der Waals surface area contributed by atoms with Crippen molar-refractivity contribution in [2.75, 3.05) is 0 Å². The van der Waals surface area contributed by atoms with Crippen LogP contribution in [-0.2, 0) is 19.9 Å². The molecule has 3 unspecified atom stereocenters. The summed E-state index contributed by atoms with van der Waals surface area (Å²) in [5.74, 6) is 1.11. The van der Waals surface area contributed by atoms with Gasteiger partial charge in [-0.1, -0.05) is 13.8 Å². The van der Waals surface area contributed by atoms with Gasteiger partial charge in [-0.05, 0) is 59.9 Å². The first-order valence-electron chi connectivity index (χ1n) is 6.91. The highest BCUT2D eigenvalue weighted by Gasteiger charge is 2.29. The average Bonchev–Trinajstić information content (AvgIpc) is 2.61. The Bertz CT molecular complexity index is 416. The Morgan fingerprint density at radius 2 is 2.17 bits per heavy atom. The maximum absolute atomic E-state index is 10.1. The molecule has 1 fully saturated rings. The molecule has 1 aromatic heterocycles. The Morgan fingerprint density at radius 3 is 2.78 bits per heavy atom. The Labute approximate surface area is 118 Å². The largest absolute Gasteiger partial charge is 0.393 e. The molecule has 3 nitrogen and oxygen atoms in total. The third-order valence-corrected chi connectivity index (χ3v) is 5.08. The van der Waals surface area contributed by atoms with Gasteiger partial charge in [-0.15, -0.1) is 0 Å². The summed E-state index contributed by atoms with van der Waals surface area (Å²) in [6.45, 7) is 4.41. The molecule has 1 aromatic rings. The summed E-state index contributed by atoms with van der Waals surface area (Å²) >= 11 is 3.66. The monoisotopic (exact) mass is 314 g/mol. The van der Waals surface area contributed by atoms with Crippen LogP contribution in [0.1, 0.15) is 44.5 Å². The van der Waals surface area contributed by atoms with E-state index in [1.54, 1.807) is 0 Å². The summed E-state index contributed by atoms with van der Waals surface area (Å²) in [7, 11) is 2.00. The number of hydrogen-bond acceptors (Lipinski definition) is 2. The molecule has 0 radical (unpaired) electrons. The number of rotatable bonds is 3. The van der Waals surface area contributed by atoms with Crippen molar-refractivity contribution < 1.29 is 5.11 Å². The van der Waals surface area contributed by atoms with E-state index in [2.05, 4.69) is 34.9 Å². The third-order valence-electron chi connectivity index (χ3n) is 4.16. The lowest BCUT2D eigenvalue weighted by Crippen LogP contribution is -2.30. The lowest BCUT2D eigenvalue weighted by Gasteiger charge is -2.31. The number of aliphatic hydroxyl groups is 1. The molecule has 1 heterocycles. The van der Waals surface area contributed by atoms with Crippen molar-refractivity contribution in [2.45, 2.75) is 52.1 Å². The summed E-state index contributed by atoms with van der Waals surface area (Å²) in [5, 5.41) is 14.7. The normalized spacial score (nSPS) is 28.6. The fourth-order valence-corrected chi connectivity index (χ4v) is 3.77. The van der Waals surface area contributed by atoms with Crippen LogP contribution in [0.15, 0.2) is 4.47 Å². The number of aromatic nitrogens is 2. The van der Waals surface area contributed by atoms with Crippen LogP contribution in [0.3, 0.4) is 0 Å². The van der Waals surface area contributed by atoms with Gasteiger partial charge in [0, 0.05) is 7.05 Å². The number of aliphatic hydroxyl groups excluding tert-OH is 1. The number of hydrogen-bond donors (Lipinski definition) is 1. The fourth-order valence-electron chi connectivity index (χ4n) is 2.99. The molecule has 102 valence electrons. The summed E-state index contributed by atoms with van der Waals surface area (Å²) < 4.78 is 3.10. The Kier molecular flexibility index (Phi) is 4.49. The molecule has 4 heteroatoms. The van der Waals surface area contributed by atoms with E-state index < -0.39 is 0 Å². The molecule has 3 atom stereocenters. The SMILES string of the molecule is CCc1nn(C)c(CC2CC(C)CCC2O)c1Br. The van der Waals surface area contributed by atoms with Crippen molar-refractivity contribution in [3.05, 3.63) is 15.9 Å². The van der Waals surface area contributed by atoms with E-state index in [9.17, 15) is 5.11 Å². The maximum atomic E-state index is 10.1. The lowest BCUT2D eigenvalue weighted by molar-refractivity contribution is 0.0510. The second-order valence-electron chi connectivity index (χ2n) is 5.63. The highest BCUT2D eigenvalue weighted by atomic mass is 79.9. The molecule has 0 spiro atoms. The number of aryl methyl sites for hydroxylation is 2. The van der Waals surface area contributed by atoms with Gasteiger partial charge in [0.2, 0.25) is 0 Å². The van der Waals surface area contributed by atoms with Gasteiger partial charge in [-0.2, -0.15) is 5.10 Å². The second-order valence-corrected chi connectivity index (χ2v) is 6.43. The molecular weight excluding hydrogens is 292 g/mol. The zero-order valence-electron chi connectivity index (χ0n) is 11.5. The van der Waals surface area contributed by atoms with Crippen LogP contribution in [0, 0.1) is 11.8 Å². The second kappa shape index (κ2) is 5.74. The topological polar surface area (TPSA) is 38.0 Å². The predicted molar refractivity (Wildman–Crippen MR) is 76.5 cm³/mol. The Hall–Kier alpha value is -0.350. The molecule has 2 rings (SSSR count). The molecular formula is C14H23BrN2O. The molecule has 0 bridgehead atoms. The molecule has 1 aliphatic carbocycles. The van der Waals surface area contributed by atoms with E-state index in [1.165, 1.54) is 5.69 Å². The van der Waals surface area contributed by atoms with Crippen LogP contribution >= 0.6 is 15.9 Å². The lowest BCUT2D eigenvalue weighted by atomic mass is 9.78. The number of halogens is 1. The van der Waals surface area contributed by atoms with Crippen LogP contribution in [0.4, 0.5) is 0 Å². The van der Waals surface area contributed by atoms with Gasteiger partial charge in [-0.25, -0.2) is 0 Å². The van der Waals surface area contributed by atoms with Gasteiger partial charge in [0.05, 0.1) is 22.0 Å². The molecule has 1 saturated carbocycles. The summed E-state index contributed by atoms with van der Waals surface area (Å²) in [6.07, 6.45) is 4.95. The van der Waals surface area contributed by atoms with Crippen LogP contribution in [0.2, 0.25) is 0 Å². The molecule has 1 aliphatic rings. The van der Waals surface area contributed by atoms with Crippen LogP contribution in [0.5, 0.6) is 0 Å². The highest BCUT2D eigenvalue weighted by molar-refractivity contribution is 9.10. The minimum atomic E-state index is -0.145. The third kappa shape index (κ3) is 2.80. The quantitative estimate of drug-likeness (QED) is 0.931. The predicted octanol–water partition coefficient (Wildman–Crippen LogP) is 3.08. The van der Waals surface area contributed by atoms with Crippen LogP contribution in [-0.4, -0.2) is 21.0 Å². The fraction of sp³-hybridized carbons (Fsp3) is 0.786. The van der Waals surface area contributed by atoms with Crippen LogP contribution < -0.4 is 0 Å². The van der Waals surface area contributed by atoms with Crippen molar-refractivity contribution in [1.29, 1.82) is 0 Å². The van der Waals surface area contributed by atoms with Gasteiger partial charge in [0.15, 0.2) is 0 Å². The van der Waals surface area contributed by atoms with Gasteiger partial charge in [0.25, 0.3) is 0 Å². The van der Waals surface area contributed by atoms with E-state index >= 15 is 0 Å². The standard InChI is InChI=1S/C14H23BrN2O/c1-4-11-14(15)12(17(3)16-11)8-10-7-9(2)5-6-13(10)18/h9-10,13,18H,4-8H2,1-3H3. The van der Waals surface area contributed by atoms with Gasteiger partial charge >= 0.3 is 0 Å². The van der Waals surface area contributed by atoms with Crippen molar-refractivity contribution in [3.8, 4) is 0 Å². The Balaban J connectivity index is 2.15. The minimum Gasteiger partial charge on any atom is -0.393 e. The van der Waals surface area contributed by atoms with Crippen molar-refractivity contribution >= 4 is 15.9 Å². The highest BCUT2D eigenvalue weighted by Crippen LogP contribution is 2.33.